The van der Waals surface area contributed by atoms with Crippen LogP contribution in [0.4, 0.5) is 0 Å². The standard InChI is InChI=1S/C20H24N2S/c1-19(2,15-9-6-5-7-10-15)13-14-20(3,4)16-11-8-12-17-18(16)22-23-21-17/h5-12H,13-14H2,1-4H3. The fourth-order valence-electron chi connectivity index (χ4n) is 3.15. The lowest BCUT2D eigenvalue weighted by Gasteiger charge is -2.32. The number of nitrogens with zero attached hydrogens (tertiary/aromatic N) is 2. The summed E-state index contributed by atoms with van der Waals surface area (Å²) in [5, 5.41) is 0. The normalized spacial score (nSPS) is 12.7. The van der Waals surface area contributed by atoms with Crippen molar-refractivity contribution in [3.63, 3.8) is 0 Å². The average Bonchev–Trinajstić information content (AvgIpc) is 3.02. The maximum absolute atomic E-state index is 4.52. The van der Waals surface area contributed by atoms with E-state index in [1.54, 1.807) is 0 Å². The van der Waals surface area contributed by atoms with Crippen molar-refractivity contribution in [2.75, 3.05) is 0 Å². The third-order valence-electron chi connectivity index (χ3n) is 4.95. The molecule has 1 heterocycles. The number of aromatic nitrogens is 2. The molecule has 0 fully saturated rings. The van der Waals surface area contributed by atoms with E-state index in [0.29, 0.717) is 0 Å². The molecule has 0 atom stereocenters. The van der Waals surface area contributed by atoms with E-state index in [0.717, 1.165) is 23.9 Å². The summed E-state index contributed by atoms with van der Waals surface area (Å²) in [4.78, 5) is 0. The van der Waals surface area contributed by atoms with E-state index in [1.807, 2.05) is 6.07 Å². The van der Waals surface area contributed by atoms with Crippen molar-refractivity contribution in [2.24, 2.45) is 0 Å². The first-order valence-corrected chi connectivity index (χ1v) is 8.90. The molecule has 0 aliphatic rings. The smallest absolute Gasteiger partial charge is 0.108 e. The van der Waals surface area contributed by atoms with E-state index in [4.69, 9.17) is 0 Å². The lowest BCUT2D eigenvalue weighted by molar-refractivity contribution is 0.376. The quantitative estimate of drug-likeness (QED) is 0.599. The first kappa shape index (κ1) is 16.1. The van der Waals surface area contributed by atoms with E-state index in [1.165, 1.54) is 22.9 Å². The predicted octanol–water partition coefficient (Wildman–Crippen LogP) is 5.73. The Kier molecular flexibility index (Phi) is 4.24. The lowest BCUT2D eigenvalue weighted by atomic mass is 9.72. The molecule has 0 saturated heterocycles. The molecule has 0 radical (unpaired) electrons. The van der Waals surface area contributed by atoms with Crippen molar-refractivity contribution in [1.82, 2.24) is 8.75 Å². The number of rotatable bonds is 5. The first-order chi connectivity index (χ1) is 10.9. The molecule has 0 bridgehead atoms. The second-order valence-corrected chi connectivity index (χ2v) is 8.10. The Morgan fingerprint density at radius 3 is 2.22 bits per heavy atom. The van der Waals surface area contributed by atoms with Crippen molar-refractivity contribution in [1.29, 1.82) is 0 Å². The summed E-state index contributed by atoms with van der Waals surface area (Å²) in [7, 11) is 0. The van der Waals surface area contributed by atoms with Crippen LogP contribution in [0.1, 0.15) is 51.7 Å². The molecule has 1 aromatic heterocycles. The molecule has 2 nitrogen and oxygen atoms in total. The molecular weight excluding hydrogens is 300 g/mol. The largest absolute Gasteiger partial charge is 0.173 e. The maximum atomic E-state index is 4.52. The van der Waals surface area contributed by atoms with Gasteiger partial charge in [0.05, 0.1) is 11.7 Å². The fraction of sp³-hybridized carbons (Fsp3) is 0.400. The minimum atomic E-state index is 0.0846. The van der Waals surface area contributed by atoms with Gasteiger partial charge in [-0.3, -0.25) is 0 Å². The Morgan fingerprint density at radius 2 is 1.48 bits per heavy atom. The molecule has 0 aliphatic carbocycles. The van der Waals surface area contributed by atoms with Crippen LogP contribution in [0, 0.1) is 0 Å². The third-order valence-corrected chi connectivity index (χ3v) is 5.49. The van der Waals surface area contributed by atoms with Crippen LogP contribution >= 0.6 is 11.7 Å². The minimum absolute atomic E-state index is 0.0846. The van der Waals surface area contributed by atoms with Crippen LogP contribution in [-0.4, -0.2) is 8.75 Å². The summed E-state index contributed by atoms with van der Waals surface area (Å²) in [6.45, 7) is 9.32. The zero-order chi connectivity index (χ0) is 16.5. The van der Waals surface area contributed by atoms with Gasteiger partial charge < -0.3 is 0 Å². The number of fused-ring (bicyclic) bond motifs is 1. The molecule has 0 spiro atoms. The highest BCUT2D eigenvalue weighted by molar-refractivity contribution is 7.00. The van der Waals surface area contributed by atoms with Crippen LogP contribution < -0.4 is 0 Å². The summed E-state index contributed by atoms with van der Waals surface area (Å²) in [5.41, 5.74) is 5.06. The molecule has 0 N–H and O–H groups in total. The zero-order valence-corrected chi connectivity index (χ0v) is 15.2. The first-order valence-electron chi connectivity index (χ1n) is 8.17. The summed E-state index contributed by atoms with van der Waals surface area (Å²) >= 11 is 1.30. The highest BCUT2D eigenvalue weighted by Crippen LogP contribution is 2.38. The van der Waals surface area contributed by atoms with Gasteiger partial charge in [-0.05, 0) is 40.9 Å². The van der Waals surface area contributed by atoms with Crippen LogP contribution in [-0.2, 0) is 10.8 Å². The molecule has 3 aromatic rings. The second kappa shape index (κ2) is 6.04. The van der Waals surface area contributed by atoms with E-state index in [2.05, 4.69) is 78.9 Å². The van der Waals surface area contributed by atoms with Crippen LogP contribution in [0.5, 0.6) is 0 Å². The van der Waals surface area contributed by atoms with E-state index < -0.39 is 0 Å². The molecule has 23 heavy (non-hydrogen) atoms. The second-order valence-electron chi connectivity index (χ2n) is 7.57. The average molecular weight is 324 g/mol. The Bertz CT molecular complexity index is 788. The van der Waals surface area contributed by atoms with Crippen molar-refractivity contribution in [2.45, 2.75) is 51.4 Å². The SMILES string of the molecule is CC(C)(CCC(C)(C)c1cccc2nsnc12)c1ccccc1. The van der Waals surface area contributed by atoms with E-state index >= 15 is 0 Å². The summed E-state index contributed by atoms with van der Waals surface area (Å²) in [6, 6.07) is 17.2. The molecule has 3 rings (SSSR count). The Labute approximate surface area is 142 Å². The molecule has 3 heteroatoms. The van der Waals surface area contributed by atoms with Gasteiger partial charge in [0.1, 0.15) is 11.0 Å². The third kappa shape index (κ3) is 3.30. The van der Waals surface area contributed by atoms with Gasteiger partial charge >= 0.3 is 0 Å². The van der Waals surface area contributed by atoms with Crippen molar-refractivity contribution in [3.8, 4) is 0 Å². The fourth-order valence-corrected chi connectivity index (χ4v) is 3.70. The maximum Gasteiger partial charge on any atom is 0.108 e. The van der Waals surface area contributed by atoms with Gasteiger partial charge in [0, 0.05) is 0 Å². The molecule has 0 aliphatic heterocycles. The highest BCUT2D eigenvalue weighted by atomic mass is 32.1. The number of hydrogen-bond acceptors (Lipinski definition) is 3. The van der Waals surface area contributed by atoms with E-state index in [9.17, 15) is 0 Å². The topological polar surface area (TPSA) is 25.8 Å². The molecular formula is C20H24N2S. The highest BCUT2D eigenvalue weighted by Gasteiger charge is 2.28. The number of hydrogen-bond donors (Lipinski definition) is 0. The van der Waals surface area contributed by atoms with Crippen molar-refractivity contribution >= 4 is 22.8 Å². The van der Waals surface area contributed by atoms with Gasteiger partial charge in [-0.25, -0.2) is 0 Å². The predicted molar refractivity (Wildman–Crippen MR) is 99.1 cm³/mol. The monoisotopic (exact) mass is 324 g/mol. The van der Waals surface area contributed by atoms with Gasteiger partial charge in [-0.15, -0.1) is 0 Å². The van der Waals surface area contributed by atoms with Crippen LogP contribution in [0.2, 0.25) is 0 Å². The van der Waals surface area contributed by atoms with Gasteiger partial charge in [-0.2, -0.15) is 8.75 Å². The van der Waals surface area contributed by atoms with E-state index in [-0.39, 0.29) is 10.8 Å². The van der Waals surface area contributed by atoms with Gasteiger partial charge in [0.15, 0.2) is 0 Å². The van der Waals surface area contributed by atoms with Crippen molar-refractivity contribution in [3.05, 3.63) is 59.7 Å². The van der Waals surface area contributed by atoms with Gasteiger partial charge in [0.2, 0.25) is 0 Å². The lowest BCUT2D eigenvalue weighted by Crippen LogP contribution is -2.24. The Hall–Kier alpha value is -1.74. The van der Waals surface area contributed by atoms with Crippen molar-refractivity contribution < 1.29 is 0 Å². The van der Waals surface area contributed by atoms with Crippen LogP contribution in [0.3, 0.4) is 0 Å². The summed E-state index contributed by atoms with van der Waals surface area (Å²) in [5.74, 6) is 0. The van der Waals surface area contributed by atoms with Crippen LogP contribution in [0.25, 0.3) is 11.0 Å². The molecule has 0 unspecified atom stereocenters. The minimum Gasteiger partial charge on any atom is -0.173 e. The summed E-state index contributed by atoms with van der Waals surface area (Å²) in [6.07, 6.45) is 2.25. The number of benzene rings is 2. The molecule has 0 amide bonds. The van der Waals surface area contributed by atoms with Crippen LogP contribution in [0.15, 0.2) is 48.5 Å². The molecule has 0 saturated carbocycles. The van der Waals surface area contributed by atoms with Gasteiger partial charge in [-0.1, -0.05) is 70.2 Å². The Balaban J connectivity index is 1.83. The van der Waals surface area contributed by atoms with Gasteiger partial charge in [0.25, 0.3) is 0 Å². The molecule has 2 aromatic carbocycles. The zero-order valence-electron chi connectivity index (χ0n) is 14.3. The Morgan fingerprint density at radius 1 is 0.783 bits per heavy atom. The molecule has 120 valence electrons. The summed E-state index contributed by atoms with van der Waals surface area (Å²) < 4.78 is 8.90.